The van der Waals surface area contributed by atoms with E-state index in [0.717, 1.165) is 62.3 Å². The van der Waals surface area contributed by atoms with E-state index in [1.807, 2.05) is 0 Å². The molecule has 3 aliphatic heterocycles. The van der Waals surface area contributed by atoms with Crippen molar-refractivity contribution in [2.75, 3.05) is 19.8 Å². The molecular formula is C18H25NO3. The summed E-state index contributed by atoms with van der Waals surface area (Å²) in [5.41, 5.74) is 3.45. The van der Waals surface area contributed by atoms with E-state index in [0.29, 0.717) is 18.4 Å². The average Bonchev–Trinajstić information content (AvgIpc) is 2.59. The van der Waals surface area contributed by atoms with Gasteiger partial charge in [-0.2, -0.15) is 0 Å². The molecule has 3 aliphatic rings. The van der Waals surface area contributed by atoms with Crippen LogP contribution < -0.4 is 14.8 Å². The zero-order valence-electron chi connectivity index (χ0n) is 13.1. The average molecular weight is 303 g/mol. The second-order valence-corrected chi connectivity index (χ2v) is 6.70. The molecule has 0 bridgehead atoms. The van der Waals surface area contributed by atoms with Crippen LogP contribution in [0.3, 0.4) is 0 Å². The molecule has 2 N–H and O–H groups in total. The van der Waals surface area contributed by atoms with Crippen molar-refractivity contribution in [2.45, 2.75) is 57.4 Å². The summed E-state index contributed by atoms with van der Waals surface area (Å²) >= 11 is 0. The topological polar surface area (TPSA) is 50.7 Å². The molecule has 0 aliphatic carbocycles. The zero-order chi connectivity index (χ0) is 14.9. The fourth-order valence-electron chi connectivity index (χ4n) is 4.08. The Labute approximate surface area is 131 Å². The fraction of sp³-hybridized carbons (Fsp3) is 0.667. The Hall–Kier alpha value is -1.42. The number of phenols is 1. The Morgan fingerprint density at radius 3 is 2.50 bits per heavy atom. The standard InChI is InChI=1S/C18H25NO3/c20-16-14-7-4-9-21-17(14)15(11-12-5-1-2-8-19-12)13-6-3-10-22-18(13)16/h12,19-20H,1-11H2. The third kappa shape index (κ3) is 2.43. The number of ether oxygens (including phenoxy) is 2. The number of fused-ring (bicyclic) bond motifs is 2. The maximum Gasteiger partial charge on any atom is 0.164 e. The Bertz CT molecular complexity index is 527. The van der Waals surface area contributed by atoms with Crippen LogP contribution in [0.5, 0.6) is 17.2 Å². The van der Waals surface area contributed by atoms with Crippen molar-refractivity contribution in [3.05, 3.63) is 16.7 Å². The highest BCUT2D eigenvalue weighted by Crippen LogP contribution is 2.48. The number of hydrogen-bond acceptors (Lipinski definition) is 4. The van der Waals surface area contributed by atoms with E-state index in [-0.39, 0.29) is 0 Å². The lowest BCUT2D eigenvalue weighted by Gasteiger charge is -2.31. The van der Waals surface area contributed by atoms with Gasteiger partial charge in [0.25, 0.3) is 0 Å². The largest absolute Gasteiger partial charge is 0.504 e. The number of phenolic OH excluding ortho intramolecular Hbond substituents is 1. The van der Waals surface area contributed by atoms with Crippen LogP contribution in [0, 0.1) is 0 Å². The second-order valence-electron chi connectivity index (χ2n) is 6.70. The van der Waals surface area contributed by atoms with Gasteiger partial charge in [0, 0.05) is 22.7 Å². The van der Waals surface area contributed by atoms with Crippen molar-refractivity contribution in [3.63, 3.8) is 0 Å². The van der Waals surface area contributed by atoms with E-state index in [1.54, 1.807) is 0 Å². The van der Waals surface area contributed by atoms with Crippen LogP contribution in [0.1, 0.15) is 48.8 Å². The first kappa shape index (κ1) is 14.2. The highest BCUT2D eigenvalue weighted by molar-refractivity contribution is 5.63. The van der Waals surface area contributed by atoms with E-state index in [9.17, 15) is 5.11 Å². The maximum absolute atomic E-state index is 10.6. The minimum Gasteiger partial charge on any atom is -0.504 e. The van der Waals surface area contributed by atoms with Gasteiger partial charge in [0.15, 0.2) is 11.5 Å². The Balaban J connectivity index is 1.77. The van der Waals surface area contributed by atoms with E-state index in [2.05, 4.69) is 5.32 Å². The van der Waals surface area contributed by atoms with Crippen LogP contribution in [0.25, 0.3) is 0 Å². The summed E-state index contributed by atoms with van der Waals surface area (Å²) in [5.74, 6) is 2.03. The van der Waals surface area contributed by atoms with Crippen molar-refractivity contribution in [3.8, 4) is 17.2 Å². The molecule has 0 aromatic heterocycles. The summed E-state index contributed by atoms with van der Waals surface area (Å²) in [6.07, 6.45) is 8.68. The van der Waals surface area contributed by atoms with Gasteiger partial charge in [-0.3, -0.25) is 0 Å². The van der Waals surface area contributed by atoms with Crippen LogP contribution in [0.4, 0.5) is 0 Å². The molecule has 0 spiro atoms. The molecule has 0 saturated carbocycles. The molecule has 120 valence electrons. The molecule has 4 nitrogen and oxygen atoms in total. The van der Waals surface area contributed by atoms with Crippen LogP contribution >= 0.6 is 0 Å². The van der Waals surface area contributed by atoms with Gasteiger partial charge in [0.2, 0.25) is 0 Å². The van der Waals surface area contributed by atoms with Crippen molar-refractivity contribution in [2.24, 2.45) is 0 Å². The molecule has 1 saturated heterocycles. The third-order valence-electron chi connectivity index (χ3n) is 5.19. The van der Waals surface area contributed by atoms with Crippen LogP contribution in [0.2, 0.25) is 0 Å². The normalized spacial score (nSPS) is 23.9. The van der Waals surface area contributed by atoms with Gasteiger partial charge < -0.3 is 19.9 Å². The zero-order valence-corrected chi connectivity index (χ0v) is 13.1. The maximum atomic E-state index is 10.6. The Morgan fingerprint density at radius 2 is 1.73 bits per heavy atom. The summed E-state index contributed by atoms with van der Waals surface area (Å²) in [6.45, 7) is 2.59. The Morgan fingerprint density at radius 1 is 0.955 bits per heavy atom. The molecule has 1 unspecified atom stereocenters. The minimum absolute atomic E-state index is 0.338. The lowest BCUT2D eigenvalue weighted by atomic mass is 9.87. The summed E-state index contributed by atoms with van der Waals surface area (Å²) in [4.78, 5) is 0. The van der Waals surface area contributed by atoms with Gasteiger partial charge in [-0.1, -0.05) is 6.42 Å². The molecule has 1 aromatic carbocycles. The molecule has 1 fully saturated rings. The molecule has 1 atom stereocenters. The molecule has 0 amide bonds. The third-order valence-corrected chi connectivity index (χ3v) is 5.19. The molecule has 1 aromatic rings. The molecule has 0 radical (unpaired) electrons. The van der Waals surface area contributed by atoms with Crippen LogP contribution in [-0.2, 0) is 19.3 Å². The first-order valence-corrected chi connectivity index (χ1v) is 8.73. The lowest BCUT2D eigenvalue weighted by Crippen LogP contribution is -2.36. The van der Waals surface area contributed by atoms with E-state index in [4.69, 9.17) is 9.47 Å². The van der Waals surface area contributed by atoms with E-state index < -0.39 is 0 Å². The Kier molecular flexibility index (Phi) is 3.87. The van der Waals surface area contributed by atoms with Gasteiger partial charge in [0.1, 0.15) is 5.75 Å². The van der Waals surface area contributed by atoms with Crippen molar-refractivity contribution in [1.29, 1.82) is 0 Å². The first-order chi connectivity index (χ1) is 10.8. The fourth-order valence-corrected chi connectivity index (χ4v) is 4.08. The predicted octanol–water partition coefficient (Wildman–Crippen LogP) is 2.73. The monoisotopic (exact) mass is 303 g/mol. The molecule has 4 rings (SSSR count). The van der Waals surface area contributed by atoms with Gasteiger partial charge >= 0.3 is 0 Å². The lowest BCUT2D eigenvalue weighted by molar-refractivity contribution is 0.252. The number of hydrogen-bond donors (Lipinski definition) is 2. The number of rotatable bonds is 2. The molecular weight excluding hydrogens is 278 g/mol. The summed E-state index contributed by atoms with van der Waals surface area (Å²) in [7, 11) is 0. The quantitative estimate of drug-likeness (QED) is 0.882. The number of piperidine rings is 1. The SMILES string of the molecule is Oc1c2c(c(CC3CCCCN3)c3c1OCCC3)OCCC2. The highest BCUT2D eigenvalue weighted by Gasteiger charge is 2.30. The van der Waals surface area contributed by atoms with Gasteiger partial charge in [-0.25, -0.2) is 0 Å². The minimum atomic E-state index is 0.338. The van der Waals surface area contributed by atoms with E-state index >= 15 is 0 Å². The van der Waals surface area contributed by atoms with Crippen molar-refractivity contribution >= 4 is 0 Å². The summed E-state index contributed by atoms with van der Waals surface area (Å²) < 4.78 is 11.8. The highest BCUT2D eigenvalue weighted by atomic mass is 16.5. The summed E-state index contributed by atoms with van der Waals surface area (Å²) in [6, 6.07) is 0.527. The molecule has 22 heavy (non-hydrogen) atoms. The van der Waals surface area contributed by atoms with Crippen molar-refractivity contribution < 1.29 is 14.6 Å². The number of aromatic hydroxyl groups is 1. The van der Waals surface area contributed by atoms with Gasteiger partial charge in [-0.15, -0.1) is 0 Å². The van der Waals surface area contributed by atoms with Gasteiger partial charge in [-0.05, 0) is 51.5 Å². The van der Waals surface area contributed by atoms with E-state index in [1.165, 1.54) is 30.4 Å². The van der Waals surface area contributed by atoms with Gasteiger partial charge in [0.05, 0.1) is 13.2 Å². The van der Waals surface area contributed by atoms with Crippen LogP contribution in [-0.4, -0.2) is 30.9 Å². The number of benzene rings is 1. The predicted molar refractivity (Wildman–Crippen MR) is 85.1 cm³/mol. The van der Waals surface area contributed by atoms with Crippen molar-refractivity contribution in [1.82, 2.24) is 5.32 Å². The second kappa shape index (κ2) is 5.99. The first-order valence-electron chi connectivity index (χ1n) is 8.73. The number of nitrogens with one attached hydrogen (secondary N) is 1. The van der Waals surface area contributed by atoms with Crippen LogP contribution in [0.15, 0.2) is 0 Å². The summed E-state index contributed by atoms with van der Waals surface area (Å²) in [5, 5.41) is 14.2. The molecule has 4 heteroatoms. The molecule has 3 heterocycles. The smallest absolute Gasteiger partial charge is 0.164 e.